The fourth-order valence-corrected chi connectivity index (χ4v) is 2.15. The Balaban J connectivity index is 2.01. The molecule has 0 saturated carbocycles. The summed E-state index contributed by atoms with van der Waals surface area (Å²) in [4.78, 5) is 4.15. The van der Waals surface area contributed by atoms with Crippen LogP contribution in [-0.4, -0.2) is 11.3 Å². The quantitative estimate of drug-likeness (QED) is 0.860. The van der Waals surface area contributed by atoms with Crippen LogP contribution in [0.25, 0.3) is 0 Å². The van der Waals surface area contributed by atoms with Crippen molar-refractivity contribution in [2.24, 2.45) is 0 Å². The zero-order chi connectivity index (χ0) is 15.5. The molecule has 0 bridgehead atoms. The molecule has 2 aromatic rings. The van der Waals surface area contributed by atoms with Gasteiger partial charge in [-0.1, -0.05) is 6.07 Å². The Labute approximate surface area is 128 Å². The molecule has 112 valence electrons. The van der Waals surface area contributed by atoms with Crippen LogP contribution in [-0.2, 0) is 6.54 Å². The zero-order valence-electron chi connectivity index (χ0n) is 11.0. The number of benzene rings is 1. The molecule has 0 spiro atoms. The van der Waals surface area contributed by atoms with Gasteiger partial charge in [0.15, 0.2) is 0 Å². The Kier molecular flexibility index (Phi) is 4.72. The lowest BCUT2D eigenvalue weighted by molar-refractivity contribution is -0.274. The molecule has 1 aromatic carbocycles. The van der Waals surface area contributed by atoms with Crippen molar-refractivity contribution in [3.63, 3.8) is 0 Å². The molecule has 7 heteroatoms. The third-order valence-corrected chi connectivity index (χ3v) is 3.25. The Morgan fingerprint density at radius 1 is 1.24 bits per heavy atom. The summed E-state index contributed by atoms with van der Waals surface area (Å²) in [7, 11) is 0. The second-order valence-corrected chi connectivity index (χ2v) is 5.21. The van der Waals surface area contributed by atoms with Crippen LogP contribution in [0.4, 0.5) is 18.9 Å². The Morgan fingerprint density at radius 3 is 2.57 bits per heavy atom. The van der Waals surface area contributed by atoms with Gasteiger partial charge in [-0.05, 0) is 52.7 Å². The van der Waals surface area contributed by atoms with Crippen molar-refractivity contribution in [1.29, 1.82) is 0 Å². The minimum Gasteiger partial charge on any atom is -0.405 e. The van der Waals surface area contributed by atoms with Crippen molar-refractivity contribution >= 4 is 21.6 Å². The maximum atomic E-state index is 12.2. The first-order valence-corrected chi connectivity index (χ1v) is 6.83. The van der Waals surface area contributed by atoms with Crippen LogP contribution in [0.2, 0.25) is 0 Å². The standard InChI is InChI=1S/C14H12BrF3N2O/c1-9-2-4-11(8-19-9)20-7-10-3-5-13(12(15)6-10)21-14(16,17)18/h2-6,8,20H,7H2,1H3. The van der Waals surface area contributed by atoms with E-state index in [4.69, 9.17) is 0 Å². The summed E-state index contributed by atoms with van der Waals surface area (Å²) in [5, 5.41) is 3.14. The van der Waals surface area contributed by atoms with Crippen molar-refractivity contribution in [1.82, 2.24) is 4.98 Å². The third kappa shape index (κ3) is 4.93. The number of hydrogen-bond donors (Lipinski definition) is 1. The fraction of sp³-hybridized carbons (Fsp3) is 0.214. The van der Waals surface area contributed by atoms with Gasteiger partial charge in [-0.2, -0.15) is 0 Å². The molecule has 0 amide bonds. The molecule has 0 radical (unpaired) electrons. The number of aryl methyl sites for hydroxylation is 1. The predicted octanol–water partition coefficient (Wildman–Crippen LogP) is 4.66. The number of pyridine rings is 1. The van der Waals surface area contributed by atoms with Gasteiger partial charge in [0.1, 0.15) is 5.75 Å². The SMILES string of the molecule is Cc1ccc(NCc2ccc(OC(F)(F)F)c(Br)c2)cn1. The van der Waals surface area contributed by atoms with Gasteiger partial charge in [0.2, 0.25) is 0 Å². The van der Waals surface area contributed by atoms with Crippen molar-refractivity contribution in [2.75, 3.05) is 5.32 Å². The molecule has 1 aromatic heterocycles. The molecule has 0 aliphatic carbocycles. The van der Waals surface area contributed by atoms with Gasteiger partial charge in [-0.25, -0.2) is 0 Å². The normalized spacial score (nSPS) is 11.3. The molecule has 0 aliphatic heterocycles. The van der Waals surface area contributed by atoms with Gasteiger partial charge in [0, 0.05) is 12.2 Å². The van der Waals surface area contributed by atoms with Crippen molar-refractivity contribution in [2.45, 2.75) is 19.8 Å². The minimum atomic E-state index is -4.70. The molecular weight excluding hydrogens is 349 g/mol. The van der Waals surface area contributed by atoms with E-state index in [1.54, 1.807) is 18.3 Å². The Hall–Kier alpha value is -1.76. The Bertz CT molecular complexity index is 615. The van der Waals surface area contributed by atoms with E-state index in [0.717, 1.165) is 16.9 Å². The van der Waals surface area contributed by atoms with E-state index < -0.39 is 6.36 Å². The maximum absolute atomic E-state index is 12.2. The summed E-state index contributed by atoms with van der Waals surface area (Å²) < 4.78 is 40.6. The maximum Gasteiger partial charge on any atom is 0.573 e. The van der Waals surface area contributed by atoms with Gasteiger partial charge >= 0.3 is 6.36 Å². The van der Waals surface area contributed by atoms with E-state index >= 15 is 0 Å². The van der Waals surface area contributed by atoms with Crippen LogP contribution in [0.15, 0.2) is 41.0 Å². The summed E-state index contributed by atoms with van der Waals surface area (Å²) in [6, 6.07) is 8.19. The number of ether oxygens (including phenoxy) is 1. The van der Waals surface area contributed by atoms with E-state index in [1.807, 2.05) is 19.1 Å². The van der Waals surface area contributed by atoms with E-state index in [9.17, 15) is 13.2 Å². The molecule has 1 heterocycles. The van der Waals surface area contributed by atoms with E-state index in [0.29, 0.717) is 6.54 Å². The second-order valence-electron chi connectivity index (χ2n) is 4.35. The van der Waals surface area contributed by atoms with Crippen LogP contribution >= 0.6 is 15.9 Å². The molecule has 0 atom stereocenters. The smallest absolute Gasteiger partial charge is 0.405 e. The number of halogens is 4. The van der Waals surface area contributed by atoms with Crippen molar-refractivity contribution in [3.8, 4) is 5.75 Å². The highest BCUT2D eigenvalue weighted by molar-refractivity contribution is 9.10. The molecule has 2 rings (SSSR count). The number of aromatic nitrogens is 1. The van der Waals surface area contributed by atoms with Gasteiger partial charge in [0.05, 0.1) is 16.4 Å². The molecule has 1 N–H and O–H groups in total. The third-order valence-electron chi connectivity index (χ3n) is 2.63. The highest BCUT2D eigenvalue weighted by Gasteiger charge is 2.31. The first kappa shape index (κ1) is 15.6. The second kappa shape index (κ2) is 6.34. The van der Waals surface area contributed by atoms with Crippen LogP contribution in [0, 0.1) is 6.92 Å². The van der Waals surface area contributed by atoms with Crippen molar-refractivity contribution < 1.29 is 17.9 Å². The summed E-state index contributed by atoms with van der Waals surface area (Å²) >= 11 is 3.07. The number of anilines is 1. The largest absolute Gasteiger partial charge is 0.573 e. The summed E-state index contributed by atoms with van der Waals surface area (Å²) in [6.45, 7) is 2.36. The zero-order valence-corrected chi connectivity index (χ0v) is 12.6. The van der Waals surface area contributed by atoms with E-state index in [-0.39, 0.29) is 10.2 Å². The van der Waals surface area contributed by atoms with Crippen LogP contribution in [0.5, 0.6) is 5.75 Å². The van der Waals surface area contributed by atoms with Crippen LogP contribution in [0.3, 0.4) is 0 Å². The van der Waals surface area contributed by atoms with Gasteiger partial charge in [0.25, 0.3) is 0 Å². The fourth-order valence-electron chi connectivity index (χ4n) is 1.64. The molecule has 3 nitrogen and oxygen atoms in total. The number of hydrogen-bond acceptors (Lipinski definition) is 3. The molecule has 21 heavy (non-hydrogen) atoms. The Morgan fingerprint density at radius 2 is 2.00 bits per heavy atom. The average Bonchev–Trinajstić information content (AvgIpc) is 2.40. The molecule has 0 saturated heterocycles. The summed E-state index contributed by atoms with van der Waals surface area (Å²) in [5.74, 6) is -0.261. The minimum absolute atomic E-state index is 0.251. The number of nitrogens with one attached hydrogen (secondary N) is 1. The van der Waals surface area contributed by atoms with E-state index in [1.165, 1.54) is 6.07 Å². The number of alkyl halides is 3. The molecule has 0 unspecified atom stereocenters. The molecular formula is C14H12BrF3N2O. The molecule has 0 aliphatic rings. The van der Waals surface area contributed by atoms with E-state index in [2.05, 4.69) is 31.0 Å². The van der Waals surface area contributed by atoms with Crippen molar-refractivity contribution in [3.05, 3.63) is 52.3 Å². The van der Waals surface area contributed by atoms with Gasteiger partial charge in [-0.15, -0.1) is 13.2 Å². The first-order valence-electron chi connectivity index (χ1n) is 6.04. The average molecular weight is 361 g/mol. The number of nitrogens with zero attached hydrogens (tertiary/aromatic N) is 1. The topological polar surface area (TPSA) is 34.1 Å². The molecule has 0 fully saturated rings. The van der Waals surface area contributed by atoms with Crippen LogP contribution < -0.4 is 10.1 Å². The highest BCUT2D eigenvalue weighted by Crippen LogP contribution is 2.31. The van der Waals surface area contributed by atoms with Crippen LogP contribution in [0.1, 0.15) is 11.3 Å². The monoisotopic (exact) mass is 360 g/mol. The summed E-state index contributed by atoms with van der Waals surface area (Å²) in [6.07, 6.45) is -3.00. The summed E-state index contributed by atoms with van der Waals surface area (Å²) in [5.41, 5.74) is 2.57. The lowest BCUT2D eigenvalue weighted by Gasteiger charge is -2.12. The lowest BCUT2D eigenvalue weighted by atomic mass is 10.2. The van der Waals surface area contributed by atoms with Gasteiger partial charge < -0.3 is 10.1 Å². The first-order chi connectivity index (χ1) is 9.83. The predicted molar refractivity (Wildman–Crippen MR) is 77.1 cm³/mol. The van der Waals surface area contributed by atoms with Gasteiger partial charge in [-0.3, -0.25) is 4.98 Å². The highest BCUT2D eigenvalue weighted by atomic mass is 79.9. The lowest BCUT2D eigenvalue weighted by Crippen LogP contribution is -2.17. The number of rotatable bonds is 4.